The number of aromatic carboxylic acids is 1. The van der Waals surface area contributed by atoms with E-state index >= 15 is 0 Å². The van der Waals surface area contributed by atoms with Crippen LogP contribution in [0.1, 0.15) is 23.0 Å². The van der Waals surface area contributed by atoms with Crippen molar-refractivity contribution in [3.8, 4) is 0 Å². The highest BCUT2D eigenvalue weighted by molar-refractivity contribution is 7.99. The van der Waals surface area contributed by atoms with Gasteiger partial charge in [-0.15, -0.1) is 0 Å². The van der Waals surface area contributed by atoms with E-state index in [1.807, 2.05) is 13.2 Å². The fourth-order valence-corrected chi connectivity index (χ4v) is 2.45. The molecule has 2 atom stereocenters. The molecule has 0 spiro atoms. The molecule has 0 bridgehead atoms. The summed E-state index contributed by atoms with van der Waals surface area (Å²) in [6.07, 6.45) is 1.91. The van der Waals surface area contributed by atoms with Gasteiger partial charge in [-0.3, -0.25) is 4.68 Å². The zero-order valence-corrected chi connectivity index (χ0v) is 11.8. The van der Waals surface area contributed by atoms with Gasteiger partial charge in [0.05, 0.1) is 12.3 Å². The first-order valence-corrected chi connectivity index (χ1v) is 6.88. The number of aliphatic hydroxyl groups is 1. The molecule has 3 N–H and O–H groups in total. The summed E-state index contributed by atoms with van der Waals surface area (Å²) < 4.78 is 1.52. The summed E-state index contributed by atoms with van der Waals surface area (Å²) in [4.78, 5) is 11.2. The summed E-state index contributed by atoms with van der Waals surface area (Å²) in [6.45, 7) is 3.61. The van der Waals surface area contributed by atoms with Crippen molar-refractivity contribution in [3.63, 3.8) is 0 Å². The number of carboxylic acid groups (broad SMARTS) is 1. The Bertz CT molecular complexity index is 429. The van der Waals surface area contributed by atoms with Crippen LogP contribution in [0.25, 0.3) is 0 Å². The molecule has 0 radical (unpaired) electrons. The van der Waals surface area contributed by atoms with E-state index in [0.29, 0.717) is 11.5 Å². The number of rotatable bonds is 6. The third kappa shape index (κ3) is 2.97. The van der Waals surface area contributed by atoms with Gasteiger partial charge < -0.3 is 15.5 Å². The van der Waals surface area contributed by atoms with Gasteiger partial charge >= 0.3 is 5.97 Å². The van der Waals surface area contributed by atoms with Crippen molar-refractivity contribution in [2.75, 3.05) is 18.2 Å². The normalized spacial score (nSPS) is 14.3. The molecule has 0 aliphatic carbocycles. The maximum absolute atomic E-state index is 11.2. The van der Waals surface area contributed by atoms with Crippen LogP contribution >= 0.6 is 11.8 Å². The molecule has 1 rings (SSSR count). The fraction of sp³-hybridized carbons (Fsp3) is 0.636. The number of nitrogens with zero attached hydrogens (tertiary/aromatic N) is 2. The molecule has 0 fully saturated rings. The van der Waals surface area contributed by atoms with Crippen molar-refractivity contribution in [1.82, 2.24) is 9.78 Å². The number of aliphatic hydroxyl groups excluding tert-OH is 1. The molecule has 0 saturated carbocycles. The molecule has 0 saturated heterocycles. The van der Waals surface area contributed by atoms with Crippen LogP contribution in [-0.2, 0) is 7.05 Å². The SMILES string of the molecule is CSC(CO)C(C)Nc1c(C(=O)O)c(C)nn1C. The number of aryl methyl sites for hydroxylation is 2. The van der Waals surface area contributed by atoms with E-state index in [2.05, 4.69) is 10.4 Å². The van der Waals surface area contributed by atoms with Crippen LogP contribution < -0.4 is 5.32 Å². The molecule has 0 aliphatic rings. The predicted molar refractivity (Wildman–Crippen MR) is 72.4 cm³/mol. The van der Waals surface area contributed by atoms with Gasteiger partial charge in [0.2, 0.25) is 0 Å². The minimum atomic E-state index is -1.00. The number of aromatic nitrogens is 2. The van der Waals surface area contributed by atoms with Gasteiger partial charge in [-0.2, -0.15) is 16.9 Å². The van der Waals surface area contributed by atoms with Gasteiger partial charge in [0, 0.05) is 18.3 Å². The Morgan fingerprint density at radius 1 is 1.61 bits per heavy atom. The average molecular weight is 273 g/mol. The molecule has 7 heteroatoms. The van der Waals surface area contributed by atoms with E-state index < -0.39 is 5.97 Å². The zero-order chi connectivity index (χ0) is 13.9. The Morgan fingerprint density at radius 2 is 2.22 bits per heavy atom. The summed E-state index contributed by atoms with van der Waals surface area (Å²) in [5, 5.41) is 25.6. The highest BCUT2D eigenvalue weighted by atomic mass is 32.2. The Labute approximate surface area is 110 Å². The lowest BCUT2D eigenvalue weighted by atomic mass is 10.2. The van der Waals surface area contributed by atoms with E-state index in [9.17, 15) is 15.0 Å². The van der Waals surface area contributed by atoms with Crippen molar-refractivity contribution < 1.29 is 15.0 Å². The third-order valence-corrected chi connectivity index (χ3v) is 4.00. The quantitative estimate of drug-likeness (QED) is 0.715. The lowest BCUT2D eigenvalue weighted by Gasteiger charge is -2.22. The molecule has 2 unspecified atom stereocenters. The van der Waals surface area contributed by atoms with E-state index in [-0.39, 0.29) is 23.5 Å². The number of hydrogen-bond donors (Lipinski definition) is 3. The summed E-state index contributed by atoms with van der Waals surface area (Å²) in [6, 6.07) is -0.0575. The molecule has 18 heavy (non-hydrogen) atoms. The number of thioether (sulfide) groups is 1. The molecule has 0 amide bonds. The Balaban J connectivity index is 3.00. The van der Waals surface area contributed by atoms with Gasteiger partial charge in [-0.25, -0.2) is 4.79 Å². The van der Waals surface area contributed by atoms with Crippen molar-refractivity contribution in [1.29, 1.82) is 0 Å². The number of anilines is 1. The minimum absolute atomic E-state index is 0.00171. The molecule has 1 heterocycles. The average Bonchev–Trinajstić information content (AvgIpc) is 2.55. The first-order valence-electron chi connectivity index (χ1n) is 5.59. The number of hydrogen-bond acceptors (Lipinski definition) is 5. The highest BCUT2D eigenvalue weighted by Gasteiger charge is 2.23. The van der Waals surface area contributed by atoms with Gasteiger partial charge in [-0.05, 0) is 20.1 Å². The summed E-state index contributed by atoms with van der Waals surface area (Å²) in [7, 11) is 1.70. The van der Waals surface area contributed by atoms with Gasteiger partial charge in [0.25, 0.3) is 0 Å². The Kier molecular flexibility index (Phi) is 5.03. The van der Waals surface area contributed by atoms with Crippen LogP contribution in [-0.4, -0.2) is 50.1 Å². The standard InChI is InChI=1S/C11H19N3O3S/c1-6(8(5-15)18-4)12-10-9(11(16)17)7(2)13-14(10)3/h6,8,12,15H,5H2,1-4H3,(H,16,17). The van der Waals surface area contributed by atoms with Crippen LogP contribution in [0.3, 0.4) is 0 Å². The maximum Gasteiger partial charge on any atom is 0.341 e. The third-order valence-electron chi connectivity index (χ3n) is 2.84. The maximum atomic E-state index is 11.2. The largest absolute Gasteiger partial charge is 0.477 e. The Morgan fingerprint density at radius 3 is 2.67 bits per heavy atom. The van der Waals surface area contributed by atoms with E-state index in [0.717, 1.165) is 0 Å². The second-order valence-corrected chi connectivity index (χ2v) is 5.20. The molecule has 1 aromatic heterocycles. The molecule has 1 aromatic rings. The molecular weight excluding hydrogens is 254 g/mol. The summed E-state index contributed by atoms with van der Waals surface area (Å²) >= 11 is 1.53. The van der Waals surface area contributed by atoms with Crippen LogP contribution in [0.2, 0.25) is 0 Å². The Hall–Kier alpha value is -1.21. The molecule has 0 aromatic carbocycles. The minimum Gasteiger partial charge on any atom is -0.477 e. The number of carboxylic acids is 1. The molecule has 102 valence electrons. The second-order valence-electron chi connectivity index (χ2n) is 4.13. The van der Waals surface area contributed by atoms with Crippen molar-refractivity contribution >= 4 is 23.5 Å². The highest BCUT2D eigenvalue weighted by Crippen LogP contribution is 2.22. The van der Waals surface area contributed by atoms with Crippen molar-refractivity contribution in [2.24, 2.45) is 7.05 Å². The fourth-order valence-electron chi connectivity index (χ4n) is 1.83. The van der Waals surface area contributed by atoms with Crippen LogP contribution in [0.5, 0.6) is 0 Å². The van der Waals surface area contributed by atoms with E-state index in [1.54, 1.807) is 14.0 Å². The van der Waals surface area contributed by atoms with Crippen LogP contribution in [0.4, 0.5) is 5.82 Å². The van der Waals surface area contributed by atoms with Crippen molar-refractivity contribution in [3.05, 3.63) is 11.3 Å². The van der Waals surface area contributed by atoms with Gasteiger partial charge in [0.15, 0.2) is 0 Å². The van der Waals surface area contributed by atoms with Crippen LogP contribution in [0, 0.1) is 6.92 Å². The number of carbonyl (C=O) groups is 1. The first kappa shape index (κ1) is 14.8. The van der Waals surface area contributed by atoms with Gasteiger partial charge in [-0.1, -0.05) is 0 Å². The lowest BCUT2D eigenvalue weighted by Crippen LogP contribution is -2.32. The molecule has 0 aliphatic heterocycles. The van der Waals surface area contributed by atoms with Crippen LogP contribution in [0.15, 0.2) is 0 Å². The summed E-state index contributed by atoms with van der Waals surface area (Å²) in [5.74, 6) is -0.528. The molecular formula is C11H19N3O3S. The monoisotopic (exact) mass is 273 g/mol. The summed E-state index contributed by atoms with van der Waals surface area (Å²) in [5.41, 5.74) is 0.659. The van der Waals surface area contributed by atoms with E-state index in [1.165, 1.54) is 16.4 Å². The second kappa shape index (κ2) is 6.10. The smallest absolute Gasteiger partial charge is 0.341 e. The number of nitrogens with one attached hydrogen (secondary N) is 1. The van der Waals surface area contributed by atoms with E-state index in [4.69, 9.17) is 0 Å². The zero-order valence-electron chi connectivity index (χ0n) is 11.0. The molecule has 6 nitrogen and oxygen atoms in total. The first-order chi connectivity index (χ1) is 8.42. The predicted octanol–water partition coefficient (Wildman–Crippen LogP) is 0.951. The lowest BCUT2D eigenvalue weighted by molar-refractivity contribution is 0.0697. The topological polar surface area (TPSA) is 87.4 Å². The van der Waals surface area contributed by atoms with Gasteiger partial charge in [0.1, 0.15) is 11.4 Å². The van der Waals surface area contributed by atoms with Crippen molar-refractivity contribution in [2.45, 2.75) is 25.1 Å².